The third-order valence-electron chi connectivity index (χ3n) is 2.55. The summed E-state index contributed by atoms with van der Waals surface area (Å²) in [7, 11) is 1.36. The molecule has 0 unspecified atom stereocenters. The number of ether oxygens (including phenoxy) is 1. The van der Waals surface area contributed by atoms with Gasteiger partial charge in [0.1, 0.15) is 0 Å². The number of carbonyl (C=O) groups excluding carboxylic acids is 1. The molecule has 1 heterocycles. The zero-order valence-corrected chi connectivity index (χ0v) is 10.5. The average Bonchev–Trinajstić information content (AvgIpc) is 2.28. The summed E-state index contributed by atoms with van der Waals surface area (Å²) < 4.78 is 4.72. The van der Waals surface area contributed by atoms with E-state index in [2.05, 4.69) is 4.98 Å². The lowest BCUT2D eigenvalue weighted by Gasteiger charge is -2.28. The van der Waals surface area contributed by atoms with E-state index in [1.165, 1.54) is 7.11 Å². The van der Waals surface area contributed by atoms with Crippen LogP contribution in [0.1, 0.15) is 25.5 Å². The third kappa shape index (κ3) is 2.93. The van der Waals surface area contributed by atoms with Gasteiger partial charge in [0.2, 0.25) is 0 Å². The fourth-order valence-electron chi connectivity index (χ4n) is 1.38. The van der Waals surface area contributed by atoms with Crippen molar-refractivity contribution >= 4 is 18.4 Å². The minimum absolute atomic E-state index is 0. The van der Waals surface area contributed by atoms with Crippen LogP contribution < -0.4 is 5.73 Å². The second kappa shape index (κ2) is 5.82. The Morgan fingerprint density at radius 3 is 2.38 bits per heavy atom. The number of methoxy groups -OCH3 is 1. The molecule has 16 heavy (non-hydrogen) atoms. The summed E-state index contributed by atoms with van der Waals surface area (Å²) in [5.41, 5.74) is 6.16. The minimum Gasteiger partial charge on any atom is -0.469 e. The molecule has 1 rings (SSSR count). The van der Waals surface area contributed by atoms with Gasteiger partial charge >= 0.3 is 5.97 Å². The van der Waals surface area contributed by atoms with Gasteiger partial charge in [-0.3, -0.25) is 9.78 Å². The van der Waals surface area contributed by atoms with E-state index in [4.69, 9.17) is 10.5 Å². The highest BCUT2D eigenvalue weighted by Crippen LogP contribution is 2.31. The lowest BCUT2D eigenvalue weighted by atomic mass is 9.81. The van der Waals surface area contributed by atoms with Gasteiger partial charge in [-0.1, -0.05) is 0 Å². The van der Waals surface area contributed by atoms with E-state index >= 15 is 0 Å². The molecule has 4 nitrogen and oxygen atoms in total. The second-order valence-electron chi connectivity index (χ2n) is 3.97. The van der Waals surface area contributed by atoms with Crippen LogP contribution >= 0.6 is 12.4 Å². The Morgan fingerprint density at radius 2 is 1.94 bits per heavy atom. The number of carbonyl (C=O) groups is 1. The molecule has 1 aromatic rings. The number of halogens is 1. The SMILES string of the molecule is COC(=O)C(C)(C)[C@H](N)c1ccncc1.Cl. The normalized spacial score (nSPS) is 12.5. The van der Waals surface area contributed by atoms with Crippen LogP contribution in [0.25, 0.3) is 0 Å². The summed E-state index contributed by atoms with van der Waals surface area (Å²) in [6.45, 7) is 3.54. The molecule has 0 aromatic carbocycles. The van der Waals surface area contributed by atoms with E-state index in [-0.39, 0.29) is 18.4 Å². The standard InChI is InChI=1S/C11H16N2O2.ClH/c1-11(2,10(14)15-3)9(12)8-4-6-13-7-5-8;/h4-7,9H,12H2,1-3H3;1H/t9-;/m1./s1. The Morgan fingerprint density at radius 1 is 1.44 bits per heavy atom. The molecule has 0 aliphatic rings. The Labute approximate surface area is 102 Å². The zero-order chi connectivity index (χ0) is 11.5. The molecule has 0 aliphatic carbocycles. The number of esters is 1. The number of nitrogens with two attached hydrogens (primary N) is 1. The van der Waals surface area contributed by atoms with Crippen LogP contribution in [0.15, 0.2) is 24.5 Å². The van der Waals surface area contributed by atoms with E-state index in [1.807, 2.05) is 0 Å². The van der Waals surface area contributed by atoms with Crippen molar-refractivity contribution in [3.8, 4) is 0 Å². The van der Waals surface area contributed by atoms with Crippen LogP contribution in [0.5, 0.6) is 0 Å². The number of nitrogens with zero attached hydrogens (tertiary/aromatic N) is 1. The molecule has 0 saturated carbocycles. The van der Waals surface area contributed by atoms with E-state index in [1.54, 1.807) is 38.4 Å². The smallest absolute Gasteiger partial charge is 0.313 e. The van der Waals surface area contributed by atoms with E-state index in [0.29, 0.717) is 0 Å². The lowest BCUT2D eigenvalue weighted by molar-refractivity contribution is -0.152. The van der Waals surface area contributed by atoms with E-state index in [9.17, 15) is 4.79 Å². The van der Waals surface area contributed by atoms with Crippen LogP contribution in [0.2, 0.25) is 0 Å². The van der Waals surface area contributed by atoms with Gasteiger partial charge in [-0.25, -0.2) is 0 Å². The summed E-state index contributed by atoms with van der Waals surface area (Å²) >= 11 is 0. The van der Waals surface area contributed by atoms with Crippen LogP contribution in [0, 0.1) is 5.41 Å². The van der Waals surface area contributed by atoms with Crippen molar-refractivity contribution in [3.05, 3.63) is 30.1 Å². The maximum absolute atomic E-state index is 11.5. The first-order chi connectivity index (χ1) is 7.00. The highest BCUT2D eigenvalue weighted by molar-refractivity contribution is 5.85. The first kappa shape index (κ1) is 14.9. The first-order valence-corrected chi connectivity index (χ1v) is 4.74. The molecule has 90 valence electrons. The van der Waals surface area contributed by atoms with Crippen molar-refractivity contribution < 1.29 is 9.53 Å². The summed E-state index contributed by atoms with van der Waals surface area (Å²) in [4.78, 5) is 15.4. The molecule has 0 saturated heterocycles. The van der Waals surface area contributed by atoms with Gasteiger partial charge in [-0.15, -0.1) is 12.4 Å². The second-order valence-corrected chi connectivity index (χ2v) is 3.97. The number of hydrogen-bond acceptors (Lipinski definition) is 4. The monoisotopic (exact) mass is 244 g/mol. The average molecular weight is 245 g/mol. The van der Waals surface area contributed by atoms with Gasteiger partial charge in [-0.2, -0.15) is 0 Å². The van der Waals surface area contributed by atoms with Gasteiger partial charge in [0.05, 0.1) is 12.5 Å². The maximum Gasteiger partial charge on any atom is 0.313 e. The topological polar surface area (TPSA) is 65.2 Å². The first-order valence-electron chi connectivity index (χ1n) is 4.74. The highest BCUT2D eigenvalue weighted by atomic mass is 35.5. The van der Waals surface area contributed by atoms with E-state index in [0.717, 1.165) is 5.56 Å². The molecule has 0 amide bonds. The quantitative estimate of drug-likeness (QED) is 0.822. The van der Waals surface area contributed by atoms with Crippen molar-refractivity contribution in [3.63, 3.8) is 0 Å². The molecule has 1 aromatic heterocycles. The third-order valence-corrected chi connectivity index (χ3v) is 2.55. The fraction of sp³-hybridized carbons (Fsp3) is 0.455. The van der Waals surface area contributed by atoms with Gasteiger partial charge in [-0.05, 0) is 31.5 Å². The Bertz CT molecular complexity index is 341. The number of rotatable bonds is 3. The van der Waals surface area contributed by atoms with Crippen molar-refractivity contribution in [1.82, 2.24) is 4.98 Å². The molecule has 0 bridgehead atoms. The minimum atomic E-state index is -0.740. The van der Waals surface area contributed by atoms with Gasteiger partial charge in [0.15, 0.2) is 0 Å². The summed E-state index contributed by atoms with van der Waals surface area (Å²) in [5, 5.41) is 0. The molecule has 5 heteroatoms. The molecular weight excluding hydrogens is 228 g/mol. The Kier molecular flexibility index (Phi) is 5.41. The van der Waals surface area contributed by atoms with Crippen LogP contribution in [-0.4, -0.2) is 18.1 Å². The predicted molar refractivity (Wildman–Crippen MR) is 64.2 cm³/mol. The molecule has 0 spiro atoms. The molecule has 1 atom stereocenters. The van der Waals surface area contributed by atoms with Crippen molar-refractivity contribution in [2.45, 2.75) is 19.9 Å². The molecular formula is C11H17ClN2O2. The van der Waals surface area contributed by atoms with Crippen molar-refractivity contribution in [2.75, 3.05) is 7.11 Å². The summed E-state index contributed by atoms with van der Waals surface area (Å²) in [5.74, 6) is -0.313. The molecule has 0 fully saturated rings. The summed E-state index contributed by atoms with van der Waals surface area (Å²) in [6, 6.07) is 3.21. The number of hydrogen-bond donors (Lipinski definition) is 1. The molecule has 0 aliphatic heterocycles. The van der Waals surface area contributed by atoms with Crippen molar-refractivity contribution in [2.24, 2.45) is 11.1 Å². The van der Waals surface area contributed by atoms with Crippen LogP contribution in [0.4, 0.5) is 0 Å². The zero-order valence-electron chi connectivity index (χ0n) is 9.64. The van der Waals surface area contributed by atoms with Gasteiger partial charge in [0, 0.05) is 18.4 Å². The summed E-state index contributed by atoms with van der Waals surface area (Å²) in [6.07, 6.45) is 3.31. The fourth-order valence-corrected chi connectivity index (χ4v) is 1.38. The largest absolute Gasteiger partial charge is 0.469 e. The van der Waals surface area contributed by atoms with Gasteiger partial charge in [0.25, 0.3) is 0 Å². The lowest BCUT2D eigenvalue weighted by Crippen LogP contribution is -2.37. The van der Waals surface area contributed by atoms with Crippen molar-refractivity contribution in [1.29, 1.82) is 0 Å². The molecule has 2 N–H and O–H groups in total. The van der Waals surface area contributed by atoms with Gasteiger partial charge < -0.3 is 10.5 Å². The van der Waals surface area contributed by atoms with Crippen LogP contribution in [0.3, 0.4) is 0 Å². The molecule has 0 radical (unpaired) electrons. The maximum atomic E-state index is 11.5. The van der Waals surface area contributed by atoms with E-state index < -0.39 is 11.5 Å². The number of aromatic nitrogens is 1. The van der Waals surface area contributed by atoms with Crippen LogP contribution in [-0.2, 0) is 9.53 Å². The Hall–Kier alpha value is -1.13. The number of pyridine rings is 1. The predicted octanol–water partition coefficient (Wildman–Crippen LogP) is 1.70. The Balaban J connectivity index is 0.00000225. The highest BCUT2D eigenvalue weighted by Gasteiger charge is 2.36.